The molecule has 0 unspecified atom stereocenters. The Bertz CT molecular complexity index is 519. The maximum atomic E-state index is 12.2. The maximum Gasteiger partial charge on any atom is 0.416 e. The quantitative estimate of drug-likeness (QED) is 0.835. The van der Waals surface area contributed by atoms with Crippen molar-refractivity contribution < 1.29 is 26.4 Å². The number of benzene rings is 1. The number of ketones is 1. The Balaban J connectivity index is 2.93. The SMILES string of the molecule is NS(=O)(=O)CC(=O)c1ccc(C(F)(F)F)cc1. The predicted octanol–water partition coefficient (Wildman–Crippen LogP) is 1.18. The van der Waals surface area contributed by atoms with E-state index in [1.807, 2.05) is 0 Å². The first-order valence-electron chi connectivity index (χ1n) is 4.30. The highest BCUT2D eigenvalue weighted by molar-refractivity contribution is 7.89. The normalized spacial score (nSPS) is 12.5. The van der Waals surface area contributed by atoms with Crippen molar-refractivity contribution in [1.82, 2.24) is 0 Å². The Morgan fingerprint density at radius 3 is 2.00 bits per heavy atom. The van der Waals surface area contributed by atoms with Crippen LogP contribution in [0.4, 0.5) is 13.2 Å². The van der Waals surface area contributed by atoms with Gasteiger partial charge in [-0.25, -0.2) is 13.6 Å². The van der Waals surface area contributed by atoms with Gasteiger partial charge in [0.2, 0.25) is 10.0 Å². The largest absolute Gasteiger partial charge is 0.416 e. The van der Waals surface area contributed by atoms with E-state index in [9.17, 15) is 26.4 Å². The molecule has 0 aliphatic heterocycles. The monoisotopic (exact) mass is 267 g/mol. The standard InChI is InChI=1S/C9H8F3NO3S/c10-9(11,12)7-3-1-6(2-4-7)8(14)5-17(13,15)16/h1-4H,5H2,(H2,13,15,16). The van der Waals surface area contributed by atoms with Gasteiger partial charge in [0, 0.05) is 5.56 Å². The Morgan fingerprint density at radius 2 is 1.65 bits per heavy atom. The van der Waals surface area contributed by atoms with Crippen LogP contribution in [-0.4, -0.2) is 20.0 Å². The van der Waals surface area contributed by atoms with Crippen molar-refractivity contribution in [2.45, 2.75) is 6.18 Å². The lowest BCUT2D eigenvalue weighted by Gasteiger charge is -2.06. The van der Waals surface area contributed by atoms with Crippen LogP contribution >= 0.6 is 0 Å². The van der Waals surface area contributed by atoms with Crippen LogP contribution in [0.25, 0.3) is 0 Å². The molecular weight excluding hydrogens is 259 g/mol. The average Bonchev–Trinajstić information content (AvgIpc) is 2.14. The molecule has 0 aliphatic rings. The third-order valence-corrected chi connectivity index (χ3v) is 2.53. The highest BCUT2D eigenvalue weighted by Gasteiger charge is 2.30. The van der Waals surface area contributed by atoms with Crippen LogP contribution in [0.1, 0.15) is 15.9 Å². The van der Waals surface area contributed by atoms with Gasteiger partial charge >= 0.3 is 6.18 Å². The zero-order chi connectivity index (χ0) is 13.3. The minimum absolute atomic E-state index is 0.132. The number of carbonyl (C=O) groups excluding carboxylic acids is 1. The molecule has 1 rings (SSSR count). The van der Waals surface area contributed by atoms with E-state index in [-0.39, 0.29) is 5.56 Å². The van der Waals surface area contributed by atoms with E-state index in [4.69, 9.17) is 0 Å². The van der Waals surface area contributed by atoms with E-state index in [2.05, 4.69) is 5.14 Å². The molecule has 0 aromatic heterocycles. The summed E-state index contributed by atoms with van der Waals surface area (Å²) >= 11 is 0. The first-order valence-corrected chi connectivity index (χ1v) is 6.02. The Morgan fingerprint density at radius 1 is 1.18 bits per heavy atom. The summed E-state index contributed by atoms with van der Waals surface area (Å²) in [6, 6.07) is 3.24. The van der Waals surface area contributed by atoms with E-state index >= 15 is 0 Å². The summed E-state index contributed by atoms with van der Waals surface area (Å²) in [7, 11) is -3.98. The first kappa shape index (κ1) is 13.7. The number of primary sulfonamides is 1. The summed E-state index contributed by atoms with van der Waals surface area (Å²) in [5.41, 5.74) is -1.04. The number of alkyl halides is 3. The molecule has 8 heteroatoms. The van der Waals surface area contributed by atoms with Gasteiger partial charge in [-0.05, 0) is 12.1 Å². The third-order valence-electron chi connectivity index (χ3n) is 1.87. The van der Waals surface area contributed by atoms with Crippen LogP contribution in [-0.2, 0) is 16.2 Å². The van der Waals surface area contributed by atoms with Gasteiger partial charge in [-0.15, -0.1) is 0 Å². The molecule has 0 saturated heterocycles. The van der Waals surface area contributed by atoms with Crippen molar-refractivity contribution in [2.75, 3.05) is 5.75 Å². The molecule has 0 aliphatic carbocycles. The summed E-state index contributed by atoms with van der Waals surface area (Å²) in [6.07, 6.45) is -4.50. The highest BCUT2D eigenvalue weighted by atomic mass is 32.2. The van der Waals surface area contributed by atoms with Crippen molar-refractivity contribution >= 4 is 15.8 Å². The summed E-state index contributed by atoms with van der Waals surface area (Å²) in [5.74, 6) is -1.78. The molecule has 0 spiro atoms. The Labute approximate surface area is 95.3 Å². The average molecular weight is 267 g/mol. The van der Waals surface area contributed by atoms with E-state index in [0.717, 1.165) is 12.1 Å². The van der Waals surface area contributed by atoms with Gasteiger partial charge in [0.15, 0.2) is 5.78 Å². The summed E-state index contributed by atoms with van der Waals surface area (Å²) in [5, 5.41) is 4.64. The molecule has 0 heterocycles. The van der Waals surface area contributed by atoms with Gasteiger partial charge in [-0.2, -0.15) is 13.2 Å². The molecule has 0 fully saturated rings. The second kappa shape index (κ2) is 4.46. The van der Waals surface area contributed by atoms with Crippen molar-refractivity contribution in [2.24, 2.45) is 5.14 Å². The number of hydrogen-bond acceptors (Lipinski definition) is 3. The lowest BCUT2D eigenvalue weighted by Crippen LogP contribution is -2.23. The number of carbonyl (C=O) groups is 1. The number of rotatable bonds is 3. The fourth-order valence-corrected chi connectivity index (χ4v) is 1.64. The first-order chi connectivity index (χ1) is 7.59. The maximum absolute atomic E-state index is 12.2. The second-order valence-electron chi connectivity index (χ2n) is 3.31. The predicted molar refractivity (Wildman–Crippen MR) is 53.7 cm³/mol. The summed E-state index contributed by atoms with van der Waals surface area (Å²) in [6.45, 7) is 0. The lowest BCUT2D eigenvalue weighted by atomic mass is 10.1. The summed E-state index contributed by atoms with van der Waals surface area (Å²) < 4.78 is 57.8. The van der Waals surface area contributed by atoms with Gasteiger partial charge in [-0.1, -0.05) is 12.1 Å². The Kier molecular flexibility index (Phi) is 3.58. The smallest absolute Gasteiger partial charge is 0.293 e. The lowest BCUT2D eigenvalue weighted by molar-refractivity contribution is -0.137. The van der Waals surface area contributed by atoms with Crippen molar-refractivity contribution in [3.63, 3.8) is 0 Å². The molecule has 2 N–H and O–H groups in total. The van der Waals surface area contributed by atoms with Gasteiger partial charge in [0.05, 0.1) is 5.56 Å². The highest BCUT2D eigenvalue weighted by Crippen LogP contribution is 2.29. The van der Waals surface area contributed by atoms with Crippen molar-refractivity contribution in [3.05, 3.63) is 35.4 Å². The molecule has 1 aromatic rings. The number of hydrogen-bond donors (Lipinski definition) is 1. The number of nitrogens with two attached hydrogens (primary N) is 1. The van der Waals surface area contributed by atoms with Crippen molar-refractivity contribution in [3.8, 4) is 0 Å². The van der Waals surface area contributed by atoms with E-state index in [1.165, 1.54) is 0 Å². The number of Topliss-reactive ketones (excluding diaryl/α,β-unsaturated/α-hetero) is 1. The van der Waals surface area contributed by atoms with Gasteiger partial charge in [0.1, 0.15) is 5.75 Å². The van der Waals surface area contributed by atoms with E-state index in [1.54, 1.807) is 0 Å². The molecule has 94 valence electrons. The fraction of sp³-hybridized carbons (Fsp3) is 0.222. The van der Waals surface area contributed by atoms with Crippen LogP contribution in [0.5, 0.6) is 0 Å². The molecule has 0 amide bonds. The molecule has 0 radical (unpaired) electrons. The number of halogens is 3. The fourth-order valence-electron chi connectivity index (χ4n) is 1.11. The molecule has 1 aromatic carbocycles. The number of sulfonamides is 1. The van der Waals surface area contributed by atoms with Crippen LogP contribution in [0.15, 0.2) is 24.3 Å². The summed E-state index contributed by atoms with van der Waals surface area (Å²) in [4.78, 5) is 11.3. The molecule has 0 saturated carbocycles. The molecule has 4 nitrogen and oxygen atoms in total. The topological polar surface area (TPSA) is 77.2 Å². The Hall–Kier alpha value is -1.41. The van der Waals surface area contributed by atoms with Gasteiger partial charge in [0.25, 0.3) is 0 Å². The molecule has 0 atom stereocenters. The van der Waals surface area contributed by atoms with Gasteiger partial charge in [-0.3, -0.25) is 4.79 Å². The minimum Gasteiger partial charge on any atom is -0.293 e. The van der Waals surface area contributed by atoms with Gasteiger partial charge < -0.3 is 0 Å². The second-order valence-corrected chi connectivity index (χ2v) is 4.92. The zero-order valence-electron chi connectivity index (χ0n) is 8.36. The van der Waals surface area contributed by atoms with Crippen LogP contribution in [0, 0.1) is 0 Å². The third kappa shape index (κ3) is 4.16. The zero-order valence-corrected chi connectivity index (χ0v) is 9.18. The molecule has 0 bridgehead atoms. The molecular formula is C9H8F3NO3S. The van der Waals surface area contributed by atoms with E-state index in [0.29, 0.717) is 12.1 Å². The minimum atomic E-state index is -4.50. The van der Waals surface area contributed by atoms with Crippen molar-refractivity contribution in [1.29, 1.82) is 0 Å². The molecule has 17 heavy (non-hydrogen) atoms. The van der Waals surface area contributed by atoms with Crippen LogP contribution in [0.2, 0.25) is 0 Å². The van der Waals surface area contributed by atoms with Crippen LogP contribution in [0.3, 0.4) is 0 Å². The van der Waals surface area contributed by atoms with E-state index < -0.39 is 33.3 Å². The van der Waals surface area contributed by atoms with Crippen LogP contribution < -0.4 is 5.14 Å².